The van der Waals surface area contributed by atoms with E-state index in [9.17, 15) is 19.2 Å². The summed E-state index contributed by atoms with van der Waals surface area (Å²) in [5.74, 6) is -4.10. The van der Waals surface area contributed by atoms with Crippen molar-refractivity contribution in [3.05, 3.63) is 107 Å². The molecule has 0 saturated carbocycles. The number of H-pyrrole nitrogens is 1. The van der Waals surface area contributed by atoms with Gasteiger partial charge in [-0.25, -0.2) is 0 Å². The van der Waals surface area contributed by atoms with E-state index in [1.165, 1.54) is 0 Å². The molecule has 0 radical (unpaired) electrons. The van der Waals surface area contributed by atoms with E-state index in [0.29, 0.717) is 50.9 Å². The fraction of sp³-hybridized carbons (Fsp3) is 0.152. The molecule has 1 unspecified atom stereocenters. The van der Waals surface area contributed by atoms with Gasteiger partial charge in [-0.1, -0.05) is 42.5 Å². The number of aliphatic carboxylic acids is 1. The molecule has 0 saturated heterocycles. The zero-order chi connectivity index (χ0) is 31.4. The van der Waals surface area contributed by atoms with Crippen LogP contribution in [0.3, 0.4) is 0 Å². The van der Waals surface area contributed by atoms with E-state index in [0.717, 1.165) is 10.9 Å². The lowest BCUT2D eigenvalue weighted by Crippen LogP contribution is -2.37. The Bertz CT molecular complexity index is 1940. The zero-order valence-electron chi connectivity index (χ0n) is 24.6. The van der Waals surface area contributed by atoms with Crippen molar-refractivity contribution in [2.24, 2.45) is 5.73 Å². The van der Waals surface area contributed by atoms with Crippen LogP contribution in [-0.4, -0.2) is 51.0 Å². The molecule has 0 bridgehead atoms. The molecule has 5 aromatic rings. The number of carboxylic acids is 1. The van der Waals surface area contributed by atoms with Crippen LogP contribution >= 0.6 is 48.0 Å². The van der Waals surface area contributed by atoms with Crippen LogP contribution in [0, 0.1) is 12.3 Å². The molecule has 2 aromatic heterocycles. The van der Waals surface area contributed by atoms with Crippen LogP contribution < -0.4 is 16.4 Å². The first-order valence-corrected chi connectivity index (χ1v) is 13.8. The number of rotatable bonds is 11. The molecule has 3 aromatic carbocycles. The van der Waals surface area contributed by atoms with Crippen molar-refractivity contribution in [2.75, 3.05) is 11.9 Å². The van der Waals surface area contributed by atoms with Gasteiger partial charge in [-0.3, -0.25) is 29.6 Å². The fourth-order valence-corrected chi connectivity index (χ4v) is 5.25. The van der Waals surface area contributed by atoms with Crippen LogP contribution in [0.4, 0.5) is 5.69 Å². The lowest BCUT2D eigenvalue weighted by atomic mass is 9.88. The number of hydrogen-bond acceptors (Lipinski definition) is 6. The number of carbonyl (C=O) groups excluding carboxylic acids is 3. The third-order valence-corrected chi connectivity index (χ3v) is 7.38. The van der Waals surface area contributed by atoms with E-state index in [-0.39, 0.29) is 66.1 Å². The van der Waals surface area contributed by atoms with Gasteiger partial charge in [0.2, 0.25) is 5.91 Å². The van der Waals surface area contributed by atoms with E-state index >= 15 is 0 Å². The number of nitrogen functional groups attached to an aromatic ring is 1. The summed E-state index contributed by atoms with van der Waals surface area (Å²) in [4.78, 5) is 59.1. The van der Waals surface area contributed by atoms with E-state index in [1.54, 1.807) is 73.8 Å². The Hall–Kier alpha value is -4.38. The standard InChI is InChI=1S/C33H30N6O5.2HI/c1-18-28(29(33(44)37-17-27(41)42)26(40)14-9-19-7-10-21(11-8-19)31(34)35)24-16-22(12-13-25(24)38-18)39-32(43)23-6-2-4-20-5-3-15-36-30(20)23;;/h2-8,10-13,15-16,29,38H,9,14,17H2,1H3,(H3,34,35)(H,37,44)(H,39,43)(H,41,42);2*1H. The Morgan fingerprint density at radius 2 is 1.72 bits per heavy atom. The number of aromatic amines is 1. The van der Waals surface area contributed by atoms with Gasteiger partial charge in [0.25, 0.3) is 5.91 Å². The van der Waals surface area contributed by atoms with Crippen LogP contribution in [-0.2, 0) is 20.8 Å². The first kappa shape index (κ1) is 36.1. The molecule has 1 atom stereocenters. The number of nitrogens with one attached hydrogen (secondary N) is 4. The number of pyridine rings is 1. The van der Waals surface area contributed by atoms with Gasteiger partial charge in [0.15, 0.2) is 0 Å². The molecule has 46 heavy (non-hydrogen) atoms. The maximum Gasteiger partial charge on any atom is 0.322 e. The summed E-state index contributed by atoms with van der Waals surface area (Å²) in [6.45, 7) is 1.09. The van der Waals surface area contributed by atoms with E-state index < -0.39 is 30.1 Å². The Kier molecular flexibility index (Phi) is 12.4. The van der Waals surface area contributed by atoms with Gasteiger partial charge in [-0.15, -0.1) is 48.0 Å². The number of fused-ring (bicyclic) bond motifs is 2. The molecule has 2 heterocycles. The van der Waals surface area contributed by atoms with Crippen molar-refractivity contribution < 1.29 is 24.3 Å². The van der Waals surface area contributed by atoms with E-state index in [2.05, 4.69) is 20.6 Å². The summed E-state index contributed by atoms with van der Waals surface area (Å²) >= 11 is 0. The first-order chi connectivity index (χ1) is 21.1. The summed E-state index contributed by atoms with van der Waals surface area (Å²) < 4.78 is 0. The Morgan fingerprint density at radius 1 is 1.00 bits per heavy atom. The van der Waals surface area contributed by atoms with Crippen molar-refractivity contribution in [3.8, 4) is 0 Å². The smallest absolute Gasteiger partial charge is 0.322 e. The first-order valence-electron chi connectivity index (χ1n) is 13.8. The molecule has 7 N–H and O–H groups in total. The SMILES string of the molecule is Cc1[nH]c2ccc(NC(=O)c3cccc4cccnc34)cc2c1C(C(=O)CCc1ccc(C(=N)N)cc1)C(=O)NCC(=O)O.I.I. The number of anilines is 1. The number of nitrogens with two attached hydrogens (primary N) is 1. The molecule has 13 heteroatoms. The number of para-hydroxylation sites is 1. The van der Waals surface area contributed by atoms with Gasteiger partial charge in [0.05, 0.1) is 11.1 Å². The van der Waals surface area contributed by atoms with Crippen LogP contribution in [0.2, 0.25) is 0 Å². The van der Waals surface area contributed by atoms with E-state index in [1.807, 2.05) is 12.1 Å². The second kappa shape index (κ2) is 15.8. The topological polar surface area (TPSA) is 191 Å². The Labute approximate surface area is 298 Å². The normalized spacial score (nSPS) is 11.2. The number of benzene rings is 3. The summed E-state index contributed by atoms with van der Waals surface area (Å²) in [5, 5.41) is 23.3. The third-order valence-electron chi connectivity index (χ3n) is 7.38. The van der Waals surface area contributed by atoms with Crippen LogP contribution in [0.25, 0.3) is 21.8 Å². The number of aryl methyl sites for hydroxylation is 2. The minimum atomic E-state index is -1.30. The van der Waals surface area contributed by atoms with Gasteiger partial charge >= 0.3 is 5.97 Å². The number of carboxylic acid groups (broad SMARTS) is 1. The highest BCUT2D eigenvalue weighted by atomic mass is 127. The van der Waals surface area contributed by atoms with E-state index in [4.69, 9.17) is 16.2 Å². The molecule has 11 nitrogen and oxygen atoms in total. The van der Waals surface area contributed by atoms with Crippen LogP contribution in [0.15, 0.2) is 79.0 Å². The maximum atomic E-state index is 13.7. The summed E-state index contributed by atoms with van der Waals surface area (Å²) in [7, 11) is 0. The highest BCUT2D eigenvalue weighted by molar-refractivity contribution is 14.0. The molecule has 0 aliphatic heterocycles. The average Bonchev–Trinajstić information content (AvgIpc) is 3.33. The molecular formula is C33H32I2N6O5. The number of Topliss-reactive ketones (excluding diaryl/α,β-unsaturated/α-hetero) is 1. The molecule has 5 rings (SSSR count). The molecular weight excluding hydrogens is 814 g/mol. The summed E-state index contributed by atoms with van der Waals surface area (Å²) in [6.07, 6.45) is 1.94. The largest absolute Gasteiger partial charge is 0.480 e. The van der Waals surface area contributed by atoms with Crippen LogP contribution in [0.1, 0.15) is 45.1 Å². The quantitative estimate of drug-likeness (QED) is 0.0451. The zero-order valence-corrected chi connectivity index (χ0v) is 29.3. The molecule has 238 valence electrons. The molecule has 0 spiro atoms. The maximum absolute atomic E-state index is 13.7. The Balaban J connectivity index is 0.00000288. The molecule has 0 aliphatic carbocycles. The highest BCUT2D eigenvalue weighted by Gasteiger charge is 2.32. The lowest BCUT2D eigenvalue weighted by Gasteiger charge is -2.17. The summed E-state index contributed by atoms with van der Waals surface area (Å²) in [5.41, 5.74) is 9.91. The van der Waals surface area contributed by atoms with Crippen molar-refractivity contribution in [1.82, 2.24) is 15.3 Å². The van der Waals surface area contributed by atoms with Gasteiger partial charge in [0, 0.05) is 51.4 Å². The van der Waals surface area contributed by atoms with Crippen molar-refractivity contribution in [3.63, 3.8) is 0 Å². The minimum absolute atomic E-state index is 0. The fourth-order valence-electron chi connectivity index (χ4n) is 5.25. The minimum Gasteiger partial charge on any atom is -0.480 e. The predicted molar refractivity (Wildman–Crippen MR) is 198 cm³/mol. The Morgan fingerprint density at radius 3 is 2.41 bits per heavy atom. The highest BCUT2D eigenvalue weighted by Crippen LogP contribution is 2.33. The molecule has 2 amide bonds. The molecule has 0 fully saturated rings. The van der Waals surface area contributed by atoms with Crippen LogP contribution in [0.5, 0.6) is 0 Å². The van der Waals surface area contributed by atoms with Gasteiger partial charge in [-0.2, -0.15) is 0 Å². The monoisotopic (exact) mass is 846 g/mol. The average molecular weight is 846 g/mol. The van der Waals surface area contributed by atoms with Gasteiger partial charge < -0.3 is 26.5 Å². The number of nitrogens with zero attached hydrogens (tertiary/aromatic N) is 1. The number of carbonyl (C=O) groups is 4. The third kappa shape index (κ3) is 8.06. The number of aromatic nitrogens is 2. The van der Waals surface area contributed by atoms with Crippen molar-refractivity contribution >= 4 is 105 Å². The number of halogens is 2. The summed E-state index contributed by atoms with van der Waals surface area (Å²) in [6, 6.07) is 21.0. The number of amidine groups is 1. The van der Waals surface area contributed by atoms with Gasteiger partial charge in [0.1, 0.15) is 24.1 Å². The lowest BCUT2D eigenvalue weighted by molar-refractivity contribution is -0.139. The second-order valence-electron chi connectivity index (χ2n) is 10.4. The number of ketones is 1. The van der Waals surface area contributed by atoms with Crippen molar-refractivity contribution in [2.45, 2.75) is 25.7 Å². The predicted octanol–water partition coefficient (Wildman–Crippen LogP) is 5.28. The number of amides is 2. The second-order valence-corrected chi connectivity index (χ2v) is 10.4. The molecule has 0 aliphatic rings. The van der Waals surface area contributed by atoms with Gasteiger partial charge in [-0.05, 0) is 49.2 Å². The number of hydrogen-bond donors (Lipinski definition) is 6. The van der Waals surface area contributed by atoms with Crippen molar-refractivity contribution in [1.29, 1.82) is 5.41 Å².